The summed E-state index contributed by atoms with van der Waals surface area (Å²) >= 11 is 0. The molecule has 2 N–H and O–H groups in total. The van der Waals surface area contributed by atoms with Crippen molar-refractivity contribution < 1.29 is 32.6 Å². The molecule has 2 aliphatic heterocycles. The third kappa shape index (κ3) is 1.75. The minimum atomic E-state index is -4.95. The molecule has 3 fully saturated rings. The quantitative estimate of drug-likeness (QED) is 0.788. The highest BCUT2D eigenvalue weighted by molar-refractivity contribution is 5.82. The van der Waals surface area contributed by atoms with Gasteiger partial charge in [0.05, 0.1) is 23.7 Å². The number of nitrogens with one attached hydrogen (secondary N) is 1. The van der Waals surface area contributed by atoms with Crippen LogP contribution in [0.5, 0.6) is 0 Å². The van der Waals surface area contributed by atoms with Crippen molar-refractivity contribution in [1.29, 1.82) is 0 Å². The van der Waals surface area contributed by atoms with Gasteiger partial charge in [-0.2, -0.15) is 13.2 Å². The van der Waals surface area contributed by atoms with Crippen molar-refractivity contribution in [2.45, 2.75) is 37.6 Å². The number of carbonyl (C=O) groups excluding carboxylic acids is 1. The summed E-state index contributed by atoms with van der Waals surface area (Å²) in [6.07, 6.45) is -4.68. The Morgan fingerprint density at radius 2 is 1.94 bits per heavy atom. The van der Waals surface area contributed by atoms with E-state index in [1.165, 1.54) is 6.92 Å². The van der Waals surface area contributed by atoms with Crippen molar-refractivity contribution >= 4 is 11.9 Å². The van der Waals surface area contributed by atoms with E-state index < -0.39 is 35.1 Å². The normalized spacial score (nSPS) is 35.8. The average molecular weight is 267 g/mol. The number of aliphatic carboxylic acids is 1. The smallest absolute Gasteiger partial charge is 0.471 e. The van der Waals surface area contributed by atoms with Gasteiger partial charge in [0.15, 0.2) is 0 Å². The summed E-state index contributed by atoms with van der Waals surface area (Å²) in [5.74, 6) is -3.04. The first-order valence-corrected chi connectivity index (χ1v) is 5.36. The molecule has 1 saturated carbocycles. The SMILES string of the molecule is CC(NC(=O)C(F)(F)F)C12CC(C(=O)O)(CO1)C2. The standard InChI is InChI=1S/C10H12F3NO4/c1-5(14-6(15)10(11,12)13)9-2-8(3-9,4-18-9)7(16)17/h5H,2-4H2,1H3,(H,14,15)(H,16,17). The van der Waals surface area contributed by atoms with Crippen LogP contribution in [-0.2, 0) is 14.3 Å². The topological polar surface area (TPSA) is 75.6 Å². The minimum absolute atomic E-state index is 0.0193. The molecule has 0 spiro atoms. The molecule has 1 unspecified atom stereocenters. The van der Waals surface area contributed by atoms with Crippen LogP contribution >= 0.6 is 0 Å². The monoisotopic (exact) mass is 267 g/mol. The van der Waals surface area contributed by atoms with E-state index in [1.807, 2.05) is 5.32 Å². The molecule has 1 amide bonds. The average Bonchev–Trinajstić information content (AvgIpc) is 2.70. The third-order valence-electron chi connectivity index (χ3n) is 3.76. The lowest BCUT2D eigenvalue weighted by molar-refractivity contribution is -0.177. The summed E-state index contributed by atoms with van der Waals surface area (Å²) in [5, 5.41) is 10.8. The Morgan fingerprint density at radius 1 is 1.39 bits per heavy atom. The van der Waals surface area contributed by atoms with Crippen LogP contribution in [0.15, 0.2) is 0 Å². The van der Waals surface area contributed by atoms with Gasteiger partial charge in [0.1, 0.15) is 0 Å². The lowest BCUT2D eigenvalue weighted by Gasteiger charge is -2.45. The van der Waals surface area contributed by atoms with E-state index in [-0.39, 0.29) is 19.4 Å². The predicted molar refractivity (Wildman–Crippen MR) is 51.6 cm³/mol. The zero-order valence-electron chi connectivity index (χ0n) is 9.50. The number of hydrogen-bond donors (Lipinski definition) is 2. The fourth-order valence-corrected chi connectivity index (χ4v) is 2.63. The van der Waals surface area contributed by atoms with Gasteiger partial charge in [-0.05, 0) is 19.8 Å². The highest BCUT2D eigenvalue weighted by Crippen LogP contribution is 2.59. The summed E-state index contributed by atoms with van der Waals surface area (Å²) < 4.78 is 41.6. The molecule has 8 heteroatoms. The van der Waals surface area contributed by atoms with Crippen molar-refractivity contribution in [2.75, 3.05) is 6.61 Å². The van der Waals surface area contributed by atoms with Crippen LogP contribution in [0.2, 0.25) is 0 Å². The molecule has 18 heavy (non-hydrogen) atoms. The Labute approximate surface area is 100 Å². The maximum Gasteiger partial charge on any atom is 0.471 e. The van der Waals surface area contributed by atoms with Crippen molar-refractivity contribution in [2.24, 2.45) is 5.41 Å². The molecular formula is C10H12F3NO4. The van der Waals surface area contributed by atoms with E-state index >= 15 is 0 Å². The zero-order valence-corrected chi connectivity index (χ0v) is 9.50. The third-order valence-corrected chi connectivity index (χ3v) is 3.76. The molecule has 1 aliphatic carbocycles. The van der Waals surface area contributed by atoms with Crippen LogP contribution < -0.4 is 5.32 Å². The fourth-order valence-electron chi connectivity index (χ4n) is 2.63. The first kappa shape index (κ1) is 13.1. The van der Waals surface area contributed by atoms with E-state index in [1.54, 1.807) is 0 Å². The second-order valence-electron chi connectivity index (χ2n) is 4.99. The van der Waals surface area contributed by atoms with Gasteiger partial charge in [-0.3, -0.25) is 9.59 Å². The summed E-state index contributed by atoms with van der Waals surface area (Å²) in [6.45, 7) is 1.37. The largest absolute Gasteiger partial charge is 0.481 e. The van der Waals surface area contributed by atoms with Crippen molar-refractivity contribution in [3.05, 3.63) is 0 Å². The summed E-state index contributed by atoms with van der Waals surface area (Å²) in [5.41, 5.74) is -1.96. The number of fused-ring (bicyclic) bond motifs is 1. The van der Waals surface area contributed by atoms with Crippen LogP contribution in [0, 0.1) is 5.41 Å². The van der Waals surface area contributed by atoms with Crippen molar-refractivity contribution in [3.8, 4) is 0 Å². The van der Waals surface area contributed by atoms with Gasteiger partial charge in [-0.1, -0.05) is 0 Å². The maximum atomic E-state index is 12.1. The van der Waals surface area contributed by atoms with Crippen LogP contribution in [0.1, 0.15) is 19.8 Å². The van der Waals surface area contributed by atoms with Gasteiger partial charge in [0.25, 0.3) is 0 Å². The maximum absolute atomic E-state index is 12.1. The molecule has 0 radical (unpaired) electrons. The number of carboxylic acids is 1. The molecule has 0 aromatic carbocycles. The number of halogens is 3. The predicted octanol–water partition coefficient (Wildman–Crippen LogP) is 0.687. The molecule has 2 saturated heterocycles. The molecular weight excluding hydrogens is 255 g/mol. The van der Waals surface area contributed by atoms with Gasteiger partial charge in [-0.15, -0.1) is 0 Å². The van der Waals surface area contributed by atoms with Crippen LogP contribution in [-0.4, -0.2) is 41.4 Å². The van der Waals surface area contributed by atoms with E-state index in [0.717, 1.165) is 0 Å². The second-order valence-corrected chi connectivity index (χ2v) is 4.99. The first-order valence-electron chi connectivity index (χ1n) is 5.36. The van der Waals surface area contributed by atoms with Crippen molar-refractivity contribution in [1.82, 2.24) is 5.32 Å². The van der Waals surface area contributed by atoms with E-state index in [0.29, 0.717) is 0 Å². The molecule has 102 valence electrons. The van der Waals surface area contributed by atoms with E-state index in [2.05, 4.69) is 0 Å². The van der Waals surface area contributed by atoms with Crippen LogP contribution in [0.4, 0.5) is 13.2 Å². The summed E-state index contributed by atoms with van der Waals surface area (Å²) in [4.78, 5) is 21.8. The highest BCUT2D eigenvalue weighted by Gasteiger charge is 2.68. The van der Waals surface area contributed by atoms with Gasteiger partial charge >= 0.3 is 18.1 Å². The molecule has 0 aromatic rings. The number of rotatable bonds is 3. The summed E-state index contributed by atoms with van der Waals surface area (Å²) in [6, 6.07) is -0.874. The zero-order chi connectivity index (χ0) is 13.8. The Bertz CT molecular complexity index is 400. The fraction of sp³-hybridized carbons (Fsp3) is 0.800. The Balaban J connectivity index is 2.00. The number of hydrogen-bond acceptors (Lipinski definition) is 3. The Morgan fingerprint density at radius 3 is 2.33 bits per heavy atom. The molecule has 2 heterocycles. The Kier molecular flexibility index (Phi) is 2.62. The number of alkyl halides is 3. The lowest BCUT2D eigenvalue weighted by atomic mass is 9.60. The Hall–Kier alpha value is -1.31. The van der Waals surface area contributed by atoms with Crippen LogP contribution in [0.25, 0.3) is 0 Å². The highest BCUT2D eigenvalue weighted by atomic mass is 19.4. The minimum Gasteiger partial charge on any atom is -0.481 e. The second kappa shape index (κ2) is 3.59. The molecule has 3 aliphatic rings. The summed E-state index contributed by atoms with van der Waals surface area (Å²) in [7, 11) is 0. The number of amides is 1. The lowest BCUT2D eigenvalue weighted by Crippen LogP contribution is -2.60. The van der Waals surface area contributed by atoms with Gasteiger partial charge in [-0.25, -0.2) is 0 Å². The molecule has 3 rings (SSSR count). The van der Waals surface area contributed by atoms with E-state index in [4.69, 9.17) is 9.84 Å². The number of ether oxygens (including phenoxy) is 1. The van der Waals surface area contributed by atoms with Gasteiger partial charge < -0.3 is 15.2 Å². The molecule has 0 aromatic heterocycles. The molecule has 2 bridgehead atoms. The van der Waals surface area contributed by atoms with Gasteiger partial charge in [0, 0.05) is 0 Å². The molecule has 1 atom stereocenters. The van der Waals surface area contributed by atoms with E-state index in [9.17, 15) is 22.8 Å². The van der Waals surface area contributed by atoms with Gasteiger partial charge in [0.2, 0.25) is 0 Å². The van der Waals surface area contributed by atoms with Crippen LogP contribution in [0.3, 0.4) is 0 Å². The van der Waals surface area contributed by atoms with Crippen molar-refractivity contribution in [3.63, 3.8) is 0 Å². The molecule has 5 nitrogen and oxygen atoms in total. The number of carbonyl (C=O) groups is 2. The number of carboxylic acid groups (broad SMARTS) is 1. The first-order chi connectivity index (χ1) is 8.11.